The Morgan fingerprint density at radius 2 is 1.72 bits per heavy atom. The monoisotopic (exact) mass is 447 g/mol. The van der Waals surface area contributed by atoms with Gasteiger partial charge >= 0.3 is 35.6 Å². The second-order valence-electron chi connectivity index (χ2n) is 6.57. The maximum absolute atomic E-state index is 10.7. The first kappa shape index (κ1) is 22.9. The SMILES string of the molecule is CN=Cc1cccc(C)c1Pc1cccc([Si](C)(C)C)c1O.[Cl][Ti][Cl]. The normalized spacial score (nSPS) is 11.6. The Labute approximate surface area is 170 Å². The summed E-state index contributed by atoms with van der Waals surface area (Å²) >= 11 is -0.556. The van der Waals surface area contributed by atoms with Crippen molar-refractivity contribution in [1.29, 1.82) is 0 Å². The van der Waals surface area contributed by atoms with Gasteiger partial charge in [-0.25, -0.2) is 0 Å². The van der Waals surface area contributed by atoms with Crippen molar-refractivity contribution in [3.8, 4) is 5.75 Å². The molecule has 0 radical (unpaired) electrons. The molecule has 0 saturated carbocycles. The summed E-state index contributed by atoms with van der Waals surface area (Å²) in [6.07, 6.45) is 1.90. The molecule has 0 aliphatic rings. The van der Waals surface area contributed by atoms with Crippen LogP contribution in [0.5, 0.6) is 5.75 Å². The number of halogens is 2. The van der Waals surface area contributed by atoms with E-state index < -0.39 is 25.1 Å². The standard InChI is InChI=1S/C18H24NOPSi.2ClH.Ti/c1-13-8-6-9-14(12-19-2)18(13)21-15-10-7-11-16(17(15)20)22(3,4)5;;;/h6-12,20-21H,1-5H3;2*1H;/q;;;+2/p-2. The fourth-order valence-corrected chi connectivity index (χ4v) is 5.33. The summed E-state index contributed by atoms with van der Waals surface area (Å²) < 4.78 is 0. The molecule has 0 bridgehead atoms. The van der Waals surface area contributed by atoms with Crippen LogP contribution in [0.25, 0.3) is 0 Å². The molecule has 1 unspecified atom stereocenters. The summed E-state index contributed by atoms with van der Waals surface area (Å²) in [7, 11) is 10.5. The second-order valence-corrected chi connectivity index (χ2v) is 15.5. The summed E-state index contributed by atoms with van der Waals surface area (Å²) in [5, 5.41) is 14.1. The zero-order valence-corrected chi connectivity index (χ0v) is 20.3. The molecule has 1 atom stereocenters. The number of hydrogen-bond donors (Lipinski definition) is 1. The average Bonchev–Trinajstić information content (AvgIpc) is 2.52. The minimum absolute atomic E-state index is 0.440. The third kappa shape index (κ3) is 6.82. The van der Waals surface area contributed by atoms with Crippen molar-refractivity contribution in [2.75, 3.05) is 7.05 Å². The average molecular weight is 448 g/mol. The van der Waals surface area contributed by atoms with Crippen molar-refractivity contribution in [2.45, 2.75) is 26.6 Å². The summed E-state index contributed by atoms with van der Waals surface area (Å²) in [5.41, 5.74) is 2.38. The molecule has 0 fully saturated rings. The Bertz CT molecular complexity index is 736. The number of phenolic OH excluding ortho intramolecular Hbond substituents is 1. The molecule has 0 aliphatic carbocycles. The van der Waals surface area contributed by atoms with E-state index in [-0.39, 0.29) is 0 Å². The van der Waals surface area contributed by atoms with Gasteiger partial charge in [0.1, 0.15) is 5.75 Å². The first-order valence-electron chi connectivity index (χ1n) is 7.83. The van der Waals surface area contributed by atoms with Crippen LogP contribution in [0.1, 0.15) is 11.1 Å². The number of rotatable bonds is 4. The first-order chi connectivity index (χ1) is 11.8. The fourth-order valence-electron chi connectivity index (χ4n) is 2.49. The van der Waals surface area contributed by atoms with Gasteiger partial charge in [0, 0.05) is 24.1 Å². The number of benzene rings is 2. The van der Waals surface area contributed by atoms with E-state index in [1.165, 1.54) is 10.9 Å². The molecule has 0 heterocycles. The van der Waals surface area contributed by atoms with Gasteiger partial charge in [-0.2, -0.15) is 0 Å². The molecular formula is C18H24Cl2NOPSiTi. The third-order valence-electron chi connectivity index (χ3n) is 3.68. The summed E-state index contributed by atoms with van der Waals surface area (Å²) in [6.45, 7) is 8.91. The van der Waals surface area contributed by atoms with Crippen LogP contribution >= 0.6 is 27.2 Å². The van der Waals surface area contributed by atoms with Crippen molar-refractivity contribution in [2.24, 2.45) is 4.99 Å². The van der Waals surface area contributed by atoms with Crippen LogP contribution in [0.3, 0.4) is 0 Å². The van der Waals surface area contributed by atoms with E-state index in [0.717, 1.165) is 16.1 Å². The van der Waals surface area contributed by atoms with Crippen molar-refractivity contribution >= 4 is 57.3 Å². The predicted octanol–water partition coefficient (Wildman–Crippen LogP) is 4.30. The van der Waals surface area contributed by atoms with Crippen LogP contribution in [0.15, 0.2) is 41.4 Å². The molecule has 0 aromatic heterocycles. The number of aromatic hydroxyl groups is 1. The predicted molar refractivity (Wildman–Crippen MR) is 115 cm³/mol. The topological polar surface area (TPSA) is 32.6 Å². The van der Waals surface area contributed by atoms with Gasteiger partial charge < -0.3 is 5.11 Å². The number of aliphatic imine (C=N–C) groups is 1. The van der Waals surface area contributed by atoms with Gasteiger partial charge in [-0.1, -0.05) is 64.6 Å². The van der Waals surface area contributed by atoms with Crippen LogP contribution in [0.4, 0.5) is 0 Å². The Morgan fingerprint density at radius 3 is 2.28 bits per heavy atom. The minimum atomic E-state index is -1.54. The molecule has 134 valence electrons. The molecule has 0 aliphatic heterocycles. The van der Waals surface area contributed by atoms with E-state index in [2.05, 4.69) is 61.9 Å². The molecule has 2 nitrogen and oxygen atoms in total. The van der Waals surface area contributed by atoms with Crippen LogP contribution < -0.4 is 15.8 Å². The fraction of sp³-hybridized carbons (Fsp3) is 0.278. The molecule has 25 heavy (non-hydrogen) atoms. The van der Waals surface area contributed by atoms with E-state index >= 15 is 0 Å². The zero-order chi connectivity index (χ0) is 19.0. The van der Waals surface area contributed by atoms with E-state index in [1.807, 2.05) is 12.3 Å². The molecule has 0 amide bonds. The van der Waals surface area contributed by atoms with Crippen molar-refractivity contribution in [3.63, 3.8) is 0 Å². The molecule has 2 aromatic carbocycles. The number of para-hydroxylation sites is 1. The molecular weight excluding hydrogens is 424 g/mol. The Hall–Kier alpha value is -0.149. The molecule has 7 heteroatoms. The van der Waals surface area contributed by atoms with Crippen LogP contribution in [0.2, 0.25) is 19.6 Å². The van der Waals surface area contributed by atoms with Gasteiger partial charge in [0.15, 0.2) is 0 Å². The number of nitrogens with zero attached hydrogens (tertiary/aromatic N) is 1. The van der Waals surface area contributed by atoms with Gasteiger partial charge in [0.25, 0.3) is 0 Å². The molecule has 1 N–H and O–H groups in total. The molecule has 2 rings (SSSR count). The van der Waals surface area contributed by atoms with E-state index in [4.69, 9.17) is 18.6 Å². The van der Waals surface area contributed by atoms with Crippen molar-refractivity contribution in [3.05, 3.63) is 47.5 Å². The van der Waals surface area contributed by atoms with Crippen LogP contribution in [-0.4, -0.2) is 26.4 Å². The van der Waals surface area contributed by atoms with Gasteiger partial charge in [-0.05, 0) is 23.0 Å². The van der Waals surface area contributed by atoms with Crippen LogP contribution in [-0.2, 0) is 17.0 Å². The van der Waals surface area contributed by atoms with Gasteiger partial charge in [0.05, 0.1) is 8.07 Å². The Balaban J connectivity index is 0.000000970. The number of aryl methyl sites for hydroxylation is 1. The Kier molecular flexibility index (Phi) is 9.95. The molecule has 0 saturated heterocycles. The van der Waals surface area contributed by atoms with E-state index in [9.17, 15) is 5.11 Å². The Morgan fingerprint density at radius 1 is 1.12 bits per heavy atom. The van der Waals surface area contributed by atoms with Crippen molar-refractivity contribution < 1.29 is 22.1 Å². The van der Waals surface area contributed by atoms with Gasteiger partial charge in [-0.3, -0.25) is 4.99 Å². The van der Waals surface area contributed by atoms with Crippen molar-refractivity contribution in [1.82, 2.24) is 0 Å². The number of hydrogen-bond acceptors (Lipinski definition) is 2. The van der Waals surface area contributed by atoms with E-state index in [1.54, 1.807) is 7.05 Å². The third-order valence-corrected chi connectivity index (χ3v) is 7.30. The number of phenols is 1. The quantitative estimate of drug-likeness (QED) is 0.423. The summed E-state index contributed by atoms with van der Waals surface area (Å²) in [5.74, 6) is 0.489. The van der Waals surface area contributed by atoms with Gasteiger partial charge in [-0.15, -0.1) is 0 Å². The van der Waals surface area contributed by atoms with E-state index in [0.29, 0.717) is 14.3 Å². The summed E-state index contributed by atoms with van der Waals surface area (Å²) in [4.78, 5) is 4.15. The molecule has 2 aromatic rings. The maximum atomic E-state index is 10.7. The zero-order valence-electron chi connectivity index (χ0n) is 15.2. The first-order valence-corrected chi connectivity index (χ1v) is 16.6. The second kappa shape index (κ2) is 10.9. The van der Waals surface area contributed by atoms with Gasteiger partial charge in [0.2, 0.25) is 0 Å². The summed E-state index contributed by atoms with van der Waals surface area (Å²) in [6, 6.07) is 12.4. The van der Waals surface area contributed by atoms with Crippen LogP contribution in [0, 0.1) is 6.92 Å². The molecule has 0 spiro atoms.